The van der Waals surface area contributed by atoms with Gasteiger partial charge in [0.1, 0.15) is 17.9 Å². The van der Waals surface area contributed by atoms with E-state index in [9.17, 15) is 9.59 Å². The maximum atomic E-state index is 12.7. The van der Waals surface area contributed by atoms with Gasteiger partial charge in [-0.25, -0.2) is 4.79 Å². The molecular formula is C23H23NO6. The number of furan rings is 1. The zero-order valence-corrected chi connectivity index (χ0v) is 17.1. The fraction of sp³-hybridized carbons (Fsp3) is 0.304. The van der Waals surface area contributed by atoms with Crippen molar-refractivity contribution in [3.63, 3.8) is 0 Å². The number of esters is 1. The summed E-state index contributed by atoms with van der Waals surface area (Å²) in [6, 6.07) is 10.9. The van der Waals surface area contributed by atoms with Crippen LogP contribution >= 0.6 is 0 Å². The topological polar surface area (TPSA) is 79.9 Å². The smallest absolute Gasteiger partial charge is 0.342 e. The number of hydrogen-bond acceptors (Lipinski definition) is 6. The van der Waals surface area contributed by atoms with Gasteiger partial charge in [-0.05, 0) is 45.0 Å². The molecule has 7 nitrogen and oxygen atoms in total. The van der Waals surface area contributed by atoms with Crippen LogP contribution in [0.1, 0.15) is 37.9 Å². The molecule has 156 valence electrons. The number of fused-ring (bicyclic) bond motifs is 1. The summed E-state index contributed by atoms with van der Waals surface area (Å²) in [4.78, 5) is 24.8. The molecule has 1 atom stereocenters. The standard InChI is InChI=1S/C23H23NO6/c1-14-10-19(20(25)13-29-23(26)18-8-9-27-16(18)3)15(2)24(14)11-17-12-28-21-6-4-5-7-22(21)30-17/h4-10,17H,11-13H2,1-3H3/t17-/m1/s1. The molecule has 0 unspecified atom stereocenters. The maximum absolute atomic E-state index is 12.7. The zero-order valence-electron chi connectivity index (χ0n) is 17.1. The number of aryl methyl sites for hydroxylation is 2. The van der Waals surface area contributed by atoms with Crippen LogP contribution in [0, 0.1) is 20.8 Å². The lowest BCUT2D eigenvalue weighted by molar-refractivity contribution is 0.0472. The molecule has 0 spiro atoms. The molecule has 4 rings (SSSR count). The number of aromatic nitrogens is 1. The normalized spacial score (nSPS) is 15.1. The minimum absolute atomic E-state index is 0.172. The van der Waals surface area contributed by atoms with Gasteiger partial charge < -0.3 is 23.2 Å². The summed E-state index contributed by atoms with van der Waals surface area (Å²) < 4.78 is 24.1. The minimum atomic E-state index is -0.574. The molecule has 0 bridgehead atoms. The van der Waals surface area contributed by atoms with E-state index in [-0.39, 0.29) is 18.5 Å². The Bertz CT molecular complexity index is 1090. The summed E-state index contributed by atoms with van der Waals surface area (Å²) in [5, 5.41) is 0. The minimum Gasteiger partial charge on any atom is -0.486 e. The number of rotatable bonds is 6. The Labute approximate surface area is 174 Å². The fourth-order valence-electron chi connectivity index (χ4n) is 3.60. The Hall–Kier alpha value is -3.48. The highest BCUT2D eigenvalue weighted by molar-refractivity contribution is 6.00. The number of carbonyl (C=O) groups is 2. The van der Waals surface area contributed by atoms with E-state index in [1.807, 2.05) is 48.7 Å². The number of benzene rings is 1. The number of ether oxygens (including phenoxy) is 3. The van der Waals surface area contributed by atoms with Gasteiger partial charge in [-0.1, -0.05) is 12.1 Å². The van der Waals surface area contributed by atoms with Crippen molar-refractivity contribution in [3.8, 4) is 11.5 Å². The number of para-hydroxylation sites is 2. The van der Waals surface area contributed by atoms with Crippen LogP contribution in [-0.2, 0) is 11.3 Å². The predicted molar refractivity (Wildman–Crippen MR) is 108 cm³/mol. The Morgan fingerprint density at radius 1 is 1.10 bits per heavy atom. The molecule has 30 heavy (non-hydrogen) atoms. The number of carbonyl (C=O) groups excluding carboxylic acids is 2. The first kappa shape index (κ1) is 19.8. The monoisotopic (exact) mass is 409 g/mol. The van der Waals surface area contributed by atoms with Crippen molar-refractivity contribution >= 4 is 11.8 Å². The summed E-state index contributed by atoms with van der Waals surface area (Å²) in [5.74, 6) is 1.08. The lowest BCUT2D eigenvalue weighted by atomic mass is 10.1. The average molecular weight is 409 g/mol. The maximum Gasteiger partial charge on any atom is 0.342 e. The van der Waals surface area contributed by atoms with Crippen molar-refractivity contribution in [3.05, 3.63) is 70.9 Å². The van der Waals surface area contributed by atoms with Crippen LogP contribution < -0.4 is 9.47 Å². The summed E-state index contributed by atoms with van der Waals surface area (Å²) in [6.45, 7) is 6.13. The van der Waals surface area contributed by atoms with Gasteiger partial charge in [0, 0.05) is 17.0 Å². The summed E-state index contributed by atoms with van der Waals surface area (Å²) in [6.07, 6.45) is 1.24. The van der Waals surface area contributed by atoms with Crippen LogP contribution in [0.15, 0.2) is 47.1 Å². The summed E-state index contributed by atoms with van der Waals surface area (Å²) in [5.41, 5.74) is 2.58. The number of nitrogens with zero attached hydrogens (tertiary/aromatic N) is 1. The molecule has 7 heteroatoms. The van der Waals surface area contributed by atoms with E-state index < -0.39 is 5.97 Å². The van der Waals surface area contributed by atoms with Crippen LogP contribution in [0.5, 0.6) is 11.5 Å². The van der Waals surface area contributed by atoms with Crippen molar-refractivity contribution in [2.45, 2.75) is 33.4 Å². The van der Waals surface area contributed by atoms with Gasteiger partial charge in [-0.3, -0.25) is 4.79 Å². The average Bonchev–Trinajstić information content (AvgIpc) is 3.30. The summed E-state index contributed by atoms with van der Waals surface area (Å²) >= 11 is 0. The molecule has 0 saturated heterocycles. The van der Waals surface area contributed by atoms with Crippen LogP contribution in [-0.4, -0.2) is 35.6 Å². The number of ketones is 1. The molecule has 1 aliphatic heterocycles. The number of hydrogen-bond donors (Lipinski definition) is 0. The molecule has 0 radical (unpaired) electrons. The van der Waals surface area contributed by atoms with E-state index in [2.05, 4.69) is 0 Å². The van der Waals surface area contributed by atoms with Crippen LogP contribution in [0.25, 0.3) is 0 Å². The first-order valence-corrected chi connectivity index (χ1v) is 9.73. The van der Waals surface area contributed by atoms with Gasteiger partial charge in [0.25, 0.3) is 0 Å². The molecule has 2 aromatic heterocycles. The van der Waals surface area contributed by atoms with Crippen molar-refractivity contribution in [1.82, 2.24) is 4.57 Å². The highest BCUT2D eigenvalue weighted by atomic mass is 16.6. The molecule has 3 heterocycles. The largest absolute Gasteiger partial charge is 0.486 e. The van der Waals surface area contributed by atoms with Crippen LogP contribution in [0.3, 0.4) is 0 Å². The fourth-order valence-corrected chi connectivity index (χ4v) is 3.60. The third-order valence-electron chi connectivity index (χ3n) is 5.24. The predicted octanol–water partition coefficient (Wildman–Crippen LogP) is 3.89. The molecule has 0 amide bonds. The van der Waals surface area contributed by atoms with Gasteiger partial charge in [-0.2, -0.15) is 0 Å². The van der Waals surface area contributed by atoms with E-state index in [0.717, 1.165) is 17.1 Å². The van der Waals surface area contributed by atoms with Crippen LogP contribution in [0.2, 0.25) is 0 Å². The van der Waals surface area contributed by atoms with Crippen molar-refractivity contribution in [2.24, 2.45) is 0 Å². The van der Waals surface area contributed by atoms with E-state index in [1.54, 1.807) is 6.92 Å². The number of Topliss-reactive ketones (excluding diaryl/α,β-unsaturated/α-hetero) is 1. The van der Waals surface area contributed by atoms with Gasteiger partial charge in [0.15, 0.2) is 24.2 Å². The Kier molecular flexibility index (Phi) is 5.35. The molecule has 0 saturated carbocycles. The molecule has 3 aromatic rings. The molecule has 0 aliphatic carbocycles. The third-order valence-corrected chi connectivity index (χ3v) is 5.24. The quantitative estimate of drug-likeness (QED) is 0.454. The van der Waals surface area contributed by atoms with Crippen molar-refractivity contribution in [1.29, 1.82) is 0 Å². The highest BCUT2D eigenvalue weighted by Crippen LogP contribution is 2.31. The van der Waals surface area contributed by atoms with Crippen LogP contribution in [0.4, 0.5) is 0 Å². The van der Waals surface area contributed by atoms with Crippen molar-refractivity contribution < 1.29 is 28.2 Å². The second-order valence-corrected chi connectivity index (χ2v) is 7.28. The third kappa shape index (κ3) is 3.83. The first-order valence-electron chi connectivity index (χ1n) is 9.73. The lowest BCUT2D eigenvalue weighted by Crippen LogP contribution is -2.33. The Morgan fingerprint density at radius 2 is 1.87 bits per heavy atom. The molecule has 1 aliphatic rings. The molecule has 0 N–H and O–H groups in total. The van der Waals surface area contributed by atoms with Gasteiger partial charge in [0.05, 0.1) is 12.8 Å². The van der Waals surface area contributed by atoms with Gasteiger partial charge in [0.2, 0.25) is 5.78 Å². The zero-order chi connectivity index (χ0) is 21.3. The lowest BCUT2D eigenvalue weighted by Gasteiger charge is -2.27. The second-order valence-electron chi connectivity index (χ2n) is 7.28. The van der Waals surface area contributed by atoms with E-state index in [0.29, 0.717) is 35.8 Å². The Morgan fingerprint density at radius 3 is 2.60 bits per heavy atom. The van der Waals surface area contributed by atoms with E-state index >= 15 is 0 Å². The van der Waals surface area contributed by atoms with Crippen molar-refractivity contribution in [2.75, 3.05) is 13.2 Å². The first-order chi connectivity index (χ1) is 14.4. The highest BCUT2D eigenvalue weighted by Gasteiger charge is 2.24. The molecule has 0 fully saturated rings. The second kappa shape index (κ2) is 8.10. The SMILES string of the molecule is Cc1occc1C(=O)OCC(=O)c1cc(C)n(C[C@@H]2COc3ccccc3O2)c1C. The van der Waals surface area contributed by atoms with E-state index in [4.69, 9.17) is 18.6 Å². The van der Waals surface area contributed by atoms with Gasteiger partial charge in [-0.15, -0.1) is 0 Å². The Balaban J connectivity index is 1.42. The van der Waals surface area contributed by atoms with Gasteiger partial charge >= 0.3 is 5.97 Å². The van der Waals surface area contributed by atoms with E-state index in [1.165, 1.54) is 12.3 Å². The summed E-state index contributed by atoms with van der Waals surface area (Å²) in [7, 11) is 0. The molecular weight excluding hydrogens is 386 g/mol. The molecule has 1 aromatic carbocycles.